The Morgan fingerprint density at radius 1 is 0.711 bits per heavy atom. The molecular formula is C35H66NO8P. The number of quaternary nitrogens is 1. The van der Waals surface area contributed by atoms with Crippen molar-refractivity contribution in [2.45, 2.75) is 154 Å². The van der Waals surface area contributed by atoms with Gasteiger partial charge in [-0.05, 0) is 19.3 Å². The largest absolute Gasteiger partial charge is 0.756 e. The minimum Gasteiger partial charge on any atom is -0.756 e. The molecular weight excluding hydrogens is 593 g/mol. The third-order valence-electron chi connectivity index (χ3n) is 7.59. The standard InChI is InChI=1S/C35H66NO8P/c1-6-8-10-12-14-16-17-18-19-20-22-23-25-27-34(37)41-31-33(32-43-45(39,40)42-30-29-36(3,4)5)44-35(38)28-26-24-21-15-13-11-9-7-2/h2,33H,6,8-32H2,1,3-5H3/t33-/m1/s1. The molecule has 2 atom stereocenters. The second-order valence-corrected chi connectivity index (χ2v) is 14.6. The Hall–Kier alpha value is -1.43. The predicted octanol–water partition coefficient (Wildman–Crippen LogP) is 7.88. The molecule has 0 bridgehead atoms. The van der Waals surface area contributed by atoms with Gasteiger partial charge in [0.25, 0.3) is 7.82 Å². The van der Waals surface area contributed by atoms with Gasteiger partial charge in [0.2, 0.25) is 0 Å². The van der Waals surface area contributed by atoms with Crippen molar-refractivity contribution < 1.29 is 42.1 Å². The summed E-state index contributed by atoms with van der Waals surface area (Å²) in [6.45, 7) is 1.93. The summed E-state index contributed by atoms with van der Waals surface area (Å²) in [7, 11) is 1.14. The summed E-state index contributed by atoms with van der Waals surface area (Å²) in [5.41, 5.74) is 0. The Morgan fingerprint density at radius 3 is 1.67 bits per heavy atom. The van der Waals surface area contributed by atoms with Gasteiger partial charge < -0.3 is 27.9 Å². The van der Waals surface area contributed by atoms with Gasteiger partial charge in [-0.3, -0.25) is 14.2 Å². The number of terminal acetylenes is 1. The zero-order valence-electron chi connectivity index (χ0n) is 29.2. The molecule has 0 radical (unpaired) electrons. The SMILES string of the molecule is C#CCCCCCCCCC(=O)O[C@H](COC(=O)CCCCCCCCCCCCCCC)COP(=O)([O-])OCC[N+](C)(C)C. The molecule has 0 fully saturated rings. The summed E-state index contributed by atoms with van der Waals surface area (Å²) in [5.74, 6) is 1.76. The van der Waals surface area contributed by atoms with Crippen LogP contribution in [0, 0.1) is 12.3 Å². The third-order valence-corrected chi connectivity index (χ3v) is 8.56. The molecule has 264 valence electrons. The zero-order valence-corrected chi connectivity index (χ0v) is 30.1. The summed E-state index contributed by atoms with van der Waals surface area (Å²) < 4.78 is 33.5. The smallest absolute Gasteiger partial charge is 0.306 e. The Morgan fingerprint density at radius 2 is 1.18 bits per heavy atom. The molecule has 0 aromatic rings. The van der Waals surface area contributed by atoms with Crippen LogP contribution in [0.1, 0.15) is 148 Å². The summed E-state index contributed by atoms with van der Waals surface area (Å²) >= 11 is 0. The highest BCUT2D eigenvalue weighted by Gasteiger charge is 2.21. The third kappa shape index (κ3) is 32.3. The van der Waals surface area contributed by atoms with E-state index >= 15 is 0 Å². The highest BCUT2D eigenvalue weighted by atomic mass is 31.2. The lowest BCUT2D eigenvalue weighted by atomic mass is 10.0. The Labute approximate surface area is 275 Å². The van der Waals surface area contributed by atoms with Crippen LogP contribution in [-0.2, 0) is 32.7 Å². The fourth-order valence-corrected chi connectivity index (χ4v) is 5.48. The van der Waals surface area contributed by atoms with E-state index in [0.29, 0.717) is 17.4 Å². The van der Waals surface area contributed by atoms with Gasteiger partial charge in [-0.2, -0.15) is 0 Å². The number of phosphoric acid groups is 1. The molecule has 0 N–H and O–H groups in total. The van der Waals surface area contributed by atoms with Crippen LogP contribution in [0.25, 0.3) is 0 Å². The van der Waals surface area contributed by atoms with Gasteiger partial charge in [-0.25, -0.2) is 0 Å². The minimum absolute atomic E-state index is 0.0361. The topological polar surface area (TPSA) is 111 Å². The lowest BCUT2D eigenvalue weighted by Gasteiger charge is -2.28. The van der Waals surface area contributed by atoms with Gasteiger partial charge in [0.15, 0.2) is 6.10 Å². The second kappa shape index (κ2) is 28.8. The van der Waals surface area contributed by atoms with Gasteiger partial charge in [-0.15, -0.1) is 12.3 Å². The van der Waals surface area contributed by atoms with E-state index in [0.717, 1.165) is 57.8 Å². The molecule has 45 heavy (non-hydrogen) atoms. The average Bonchev–Trinajstić information content (AvgIpc) is 2.97. The van der Waals surface area contributed by atoms with E-state index in [1.165, 1.54) is 64.2 Å². The zero-order chi connectivity index (χ0) is 33.7. The molecule has 0 aliphatic heterocycles. The minimum atomic E-state index is -4.61. The Kier molecular flexibility index (Phi) is 27.9. The van der Waals surface area contributed by atoms with Crippen LogP contribution < -0.4 is 4.89 Å². The van der Waals surface area contributed by atoms with Crippen molar-refractivity contribution in [2.24, 2.45) is 0 Å². The molecule has 9 nitrogen and oxygen atoms in total. The summed E-state index contributed by atoms with van der Waals surface area (Å²) in [6, 6.07) is 0. The summed E-state index contributed by atoms with van der Waals surface area (Å²) in [6.07, 6.45) is 27.0. The van der Waals surface area contributed by atoms with Crippen molar-refractivity contribution in [1.82, 2.24) is 0 Å². The summed E-state index contributed by atoms with van der Waals surface area (Å²) in [5, 5.41) is 0. The quantitative estimate of drug-likeness (QED) is 0.0236. The molecule has 0 amide bonds. The number of hydrogen-bond acceptors (Lipinski definition) is 8. The highest BCUT2D eigenvalue weighted by molar-refractivity contribution is 7.45. The van der Waals surface area contributed by atoms with Crippen molar-refractivity contribution >= 4 is 19.8 Å². The first-order valence-electron chi connectivity index (χ1n) is 17.7. The number of carbonyl (C=O) groups is 2. The first kappa shape index (κ1) is 43.6. The predicted molar refractivity (Wildman–Crippen MR) is 179 cm³/mol. The number of carbonyl (C=O) groups excluding carboxylic acids is 2. The molecule has 0 aliphatic carbocycles. The monoisotopic (exact) mass is 659 g/mol. The van der Waals surface area contributed by atoms with Crippen LogP contribution in [0.5, 0.6) is 0 Å². The van der Waals surface area contributed by atoms with Gasteiger partial charge in [0, 0.05) is 19.3 Å². The van der Waals surface area contributed by atoms with Gasteiger partial charge >= 0.3 is 11.9 Å². The number of phosphoric ester groups is 1. The van der Waals surface area contributed by atoms with Crippen LogP contribution in [0.2, 0.25) is 0 Å². The van der Waals surface area contributed by atoms with E-state index in [4.69, 9.17) is 24.9 Å². The lowest BCUT2D eigenvalue weighted by Crippen LogP contribution is -2.37. The molecule has 0 aromatic carbocycles. The number of hydrogen-bond donors (Lipinski definition) is 0. The van der Waals surface area contributed by atoms with E-state index in [1.54, 1.807) is 0 Å². The Bertz CT molecular complexity index is 823. The molecule has 1 unspecified atom stereocenters. The number of unbranched alkanes of at least 4 members (excludes halogenated alkanes) is 18. The van der Waals surface area contributed by atoms with Gasteiger partial charge in [0.1, 0.15) is 19.8 Å². The average molecular weight is 660 g/mol. The van der Waals surface area contributed by atoms with Crippen LogP contribution >= 0.6 is 7.82 Å². The van der Waals surface area contributed by atoms with Crippen LogP contribution in [0.4, 0.5) is 0 Å². The first-order chi connectivity index (χ1) is 21.5. The number of nitrogens with zero attached hydrogens (tertiary/aromatic N) is 1. The van der Waals surface area contributed by atoms with Crippen molar-refractivity contribution in [3.63, 3.8) is 0 Å². The molecule has 0 rings (SSSR count). The fourth-order valence-electron chi connectivity index (χ4n) is 4.75. The molecule has 10 heteroatoms. The van der Waals surface area contributed by atoms with Gasteiger partial charge in [0.05, 0.1) is 27.7 Å². The van der Waals surface area contributed by atoms with Crippen LogP contribution in [0.3, 0.4) is 0 Å². The van der Waals surface area contributed by atoms with E-state index < -0.39 is 32.5 Å². The van der Waals surface area contributed by atoms with Crippen molar-refractivity contribution in [1.29, 1.82) is 0 Å². The molecule has 0 heterocycles. The Balaban J connectivity index is 4.40. The number of rotatable bonds is 32. The maximum Gasteiger partial charge on any atom is 0.306 e. The number of likely N-dealkylation sites (N-methyl/N-ethyl adjacent to an activating group) is 1. The molecule has 0 saturated heterocycles. The summed E-state index contributed by atoms with van der Waals surface area (Å²) in [4.78, 5) is 37.1. The molecule has 0 saturated carbocycles. The maximum absolute atomic E-state index is 12.5. The highest BCUT2D eigenvalue weighted by Crippen LogP contribution is 2.38. The molecule has 0 aromatic heterocycles. The normalized spacial score (nSPS) is 13.6. The second-order valence-electron chi connectivity index (χ2n) is 13.2. The van der Waals surface area contributed by atoms with E-state index in [-0.39, 0.29) is 26.1 Å². The van der Waals surface area contributed by atoms with Crippen LogP contribution in [-0.4, -0.2) is 70.0 Å². The fraction of sp³-hybridized carbons (Fsp3) is 0.886. The first-order valence-corrected chi connectivity index (χ1v) is 19.1. The van der Waals surface area contributed by atoms with Crippen molar-refractivity contribution in [3.05, 3.63) is 0 Å². The van der Waals surface area contributed by atoms with Crippen molar-refractivity contribution in [3.8, 4) is 12.3 Å². The molecule has 0 aliphatic rings. The maximum atomic E-state index is 12.5. The lowest BCUT2D eigenvalue weighted by molar-refractivity contribution is -0.870. The van der Waals surface area contributed by atoms with Gasteiger partial charge in [-0.1, -0.05) is 110 Å². The van der Waals surface area contributed by atoms with E-state index in [2.05, 4.69) is 12.8 Å². The van der Waals surface area contributed by atoms with E-state index in [9.17, 15) is 19.0 Å². The molecule has 0 spiro atoms. The van der Waals surface area contributed by atoms with Crippen molar-refractivity contribution in [2.75, 3.05) is 47.5 Å². The van der Waals surface area contributed by atoms with Crippen LogP contribution in [0.15, 0.2) is 0 Å². The number of esters is 2. The number of ether oxygens (including phenoxy) is 2. The van der Waals surface area contributed by atoms with E-state index in [1.807, 2.05) is 21.1 Å².